The number of nitrogens with zero attached hydrogens (tertiary/aromatic N) is 2. The highest BCUT2D eigenvalue weighted by Crippen LogP contribution is 2.14. The molecule has 136 valence electrons. The fourth-order valence-electron chi connectivity index (χ4n) is 2.43. The molecule has 0 unspecified atom stereocenters. The van der Waals surface area contributed by atoms with Gasteiger partial charge in [-0.2, -0.15) is 0 Å². The van der Waals surface area contributed by atoms with E-state index >= 15 is 0 Å². The zero-order valence-electron chi connectivity index (χ0n) is 14.8. The molecule has 0 aliphatic rings. The average molecular weight is 363 g/mol. The first-order valence-electron chi connectivity index (χ1n) is 8.27. The Morgan fingerprint density at radius 1 is 0.963 bits per heavy atom. The van der Waals surface area contributed by atoms with Gasteiger partial charge in [0.2, 0.25) is 0 Å². The first kappa shape index (κ1) is 18.2. The quantitative estimate of drug-likeness (QED) is 0.553. The molecule has 0 fully saturated rings. The average Bonchev–Trinajstić information content (AvgIpc) is 2.67. The van der Waals surface area contributed by atoms with E-state index in [1.54, 1.807) is 48.7 Å². The minimum atomic E-state index is -1.02. The Morgan fingerprint density at radius 2 is 1.70 bits per heavy atom. The van der Waals surface area contributed by atoms with Gasteiger partial charge in [-0.3, -0.25) is 19.6 Å². The molecule has 1 atom stereocenters. The number of ether oxygens (including phenoxy) is 1. The number of benzene rings is 2. The van der Waals surface area contributed by atoms with Crippen molar-refractivity contribution in [1.82, 2.24) is 9.97 Å². The fraction of sp³-hybridized carbons (Fsp3) is 0.150. The van der Waals surface area contributed by atoms with Crippen LogP contribution in [-0.4, -0.2) is 33.7 Å². The monoisotopic (exact) mass is 363 g/mol. The molecular formula is C20H17N3O4. The van der Waals surface area contributed by atoms with Crippen LogP contribution in [0.3, 0.4) is 0 Å². The molecule has 0 spiro atoms. The molecular weight excluding hydrogens is 346 g/mol. The van der Waals surface area contributed by atoms with Crippen LogP contribution in [0.15, 0.2) is 54.9 Å². The number of amides is 1. The molecule has 3 rings (SSSR count). The highest BCUT2D eigenvalue weighted by Gasteiger charge is 2.19. The van der Waals surface area contributed by atoms with E-state index in [1.165, 1.54) is 20.0 Å². The Labute approximate surface area is 155 Å². The van der Waals surface area contributed by atoms with Crippen LogP contribution in [0, 0.1) is 0 Å². The maximum Gasteiger partial charge on any atom is 0.338 e. The number of carbonyl (C=O) groups is 3. The molecule has 0 radical (unpaired) electrons. The molecule has 1 heterocycles. The van der Waals surface area contributed by atoms with Crippen molar-refractivity contribution in [1.29, 1.82) is 0 Å². The Balaban J connectivity index is 1.67. The number of rotatable bonds is 5. The molecule has 0 aliphatic carbocycles. The van der Waals surface area contributed by atoms with Crippen LogP contribution in [-0.2, 0) is 9.53 Å². The van der Waals surface area contributed by atoms with Crippen molar-refractivity contribution in [3.05, 3.63) is 66.0 Å². The summed E-state index contributed by atoms with van der Waals surface area (Å²) in [5, 5.41) is 2.63. The van der Waals surface area contributed by atoms with Crippen molar-refractivity contribution in [2.24, 2.45) is 0 Å². The normalized spacial score (nSPS) is 11.6. The van der Waals surface area contributed by atoms with Crippen LogP contribution < -0.4 is 5.32 Å². The Morgan fingerprint density at radius 3 is 2.44 bits per heavy atom. The summed E-state index contributed by atoms with van der Waals surface area (Å²) in [7, 11) is 0. The summed E-state index contributed by atoms with van der Waals surface area (Å²) < 4.78 is 5.23. The number of aromatic nitrogens is 2. The Hall–Kier alpha value is -3.61. The van der Waals surface area contributed by atoms with Gasteiger partial charge in [0.25, 0.3) is 5.91 Å². The third-order valence-electron chi connectivity index (χ3n) is 3.89. The van der Waals surface area contributed by atoms with Crippen molar-refractivity contribution in [3.63, 3.8) is 0 Å². The van der Waals surface area contributed by atoms with Gasteiger partial charge >= 0.3 is 5.97 Å². The van der Waals surface area contributed by atoms with Gasteiger partial charge in [0.15, 0.2) is 11.9 Å². The number of carbonyl (C=O) groups excluding carboxylic acids is 3. The van der Waals surface area contributed by atoms with E-state index in [1.807, 2.05) is 0 Å². The van der Waals surface area contributed by atoms with E-state index in [-0.39, 0.29) is 11.3 Å². The lowest BCUT2D eigenvalue weighted by Crippen LogP contribution is -2.30. The van der Waals surface area contributed by atoms with Crippen LogP contribution in [0.1, 0.15) is 34.6 Å². The van der Waals surface area contributed by atoms with Crippen molar-refractivity contribution in [3.8, 4) is 0 Å². The molecule has 1 amide bonds. The lowest BCUT2D eigenvalue weighted by atomic mass is 10.1. The molecule has 0 aliphatic heterocycles. The summed E-state index contributed by atoms with van der Waals surface area (Å²) in [5.41, 5.74) is 2.43. The number of hydrogen-bond donors (Lipinski definition) is 1. The van der Waals surface area contributed by atoms with Gasteiger partial charge in [-0.15, -0.1) is 0 Å². The first-order chi connectivity index (χ1) is 12.9. The molecule has 7 nitrogen and oxygen atoms in total. The Bertz CT molecular complexity index is 1030. The van der Waals surface area contributed by atoms with E-state index in [2.05, 4.69) is 15.3 Å². The second kappa shape index (κ2) is 7.74. The zero-order chi connectivity index (χ0) is 19.4. The largest absolute Gasteiger partial charge is 0.449 e. The SMILES string of the molecule is CC(=O)c1cccc(NC(=O)[C@H](C)OC(=O)c2ccc3nccnc3c2)c1. The lowest BCUT2D eigenvalue weighted by molar-refractivity contribution is -0.123. The van der Waals surface area contributed by atoms with Crippen LogP contribution in [0.25, 0.3) is 11.0 Å². The fourth-order valence-corrected chi connectivity index (χ4v) is 2.43. The van der Waals surface area contributed by atoms with Crippen molar-refractivity contribution in [2.75, 3.05) is 5.32 Å². The summed E-state index contributed by atoms with van der Waals surface area (Å²) in [4.78, 5) is 44.3. The van der Waals surface area contributed by atoms with Gasteiger partial charge in [0, 0.05) is 23.6 Å². The second-order valence-corrected chi connectivity index (χ2v) is 5.93. The topological polar surface area (TPSA) is 98.2 Å². The van der Waals surface area contributed by atoms with Gasteiger partial charge in [0.05, 0.1) is 16.6 Å². The van der Waals surface area contributed by atoms with Gasteiger partial charge in [0.1, 0.15) is 0 Å². The molecule has 27 heavy (non-hydrogen) atoms. The van der Waals surface area contributed by atoms with Crippen LogP contribution >= 0.6 is 0 Å². The minimum Gasteiger partial charge on any atom is -0.449 e. The Kier molecular flexibility index (Phi) is 5.21. The number of Topliss-reactive ketones (excluding diaryl/α,β-unsaturated/α-hetero) is 1. The predicted octanol–water partition coefficient (Wildman–Crippen LogP) is 3.02. The third kappa shape index (κ3) is 4.33. The smallest absolute Gasteiger partial charge is 0.338 e. The molecule has 2 aromatic carbocycles. The summed E-state index contributed by atoms with van der Waals surface area (Å²) in [6, 6.07) is 11.3. The van der Waals surface area contributed by atoms with E-state index in [4.69, 9.17) is 4.74 Å². The molecule has 3 aromatic rings. The number of fused-ring (bicyclic) bond motifs is 1. The number of esters is 1. The van der Waals surface area contributed by atoms with Crippen molar-refractivity contribution in [2.45, 2.75) is 20.0 Å². The van der Waals surface area contributed by atoms with Gasteiger partial charge < -0.3 is 10.1 Å². The van der Waals surface area contributed by atoms with Crippen molar-refractivity contribution >= 4 is 34.4 Å². The highest BCUT2D eigenvalue weighted by molar-refractivity contribution is 6.00. The molecule has 7 heteroatoms. The number of anilines is 1. The van der Waals surface area contributed by atoms with Gasteiger partial charge in [-0.25, -0.2) is 4.79 Å². The van der Waals surface area contributed by atoms with Crippen molar-refractivity contribution < 1.29 is 19.1 Å². The lowest BCUT2D eigenvalue weighted by Gasteiger charge is -2.14. The zero-order valence-corrected chi connectivity index (χ0v) is 14.8. The molecule has 1 N–H and O–H groups in total. The number of nitrogens with one attached hydrogen (secondary N) is 1. The van der Waals surface area contributed by atoms with Gasteiger partial charge in [-0.05, 0) is 44.2 Å². The maximum absolute atomic E-state index is 12.3. The maximum atomic E-state index is 12.3. The van der Waals surface area contributed by atoms with Crippen LogP contribution in [0.4, 0.5) is 5.69 Å². The third-order valence-corrected chi connectivity index (χ3v) is 3.89. The first-order valence-corrected chi connectivity index (χ1v) is 8.27. The molecule has 0 saturated carbocycles. The van der Waals surface area contributed by atoms with E-state index in [9.17, 15) is 14.4 Å². The summed E-state index contributed by atoms with van der Waals surface area (Å²) in [6.45, 7) is 2.92. The van der Waals surface area contributed by atoms with Crippen LogP contribution in [0.2, 0.25) is 0 Å². The standard InChI is InChI=1S/C20H17N3O4/c1-12(24)14-4-3-5-16(10-14)23-19(25)13(2)27-20(26)15-6-7-17-18(11-15)22-9-8-21-17/h3-11,13H,1-2H3,(H,23,25)/t13-/m0/s1. The highest BCUT2D eigenvalue weighted by atomic mass is 16.5. The second-order valence-electron chi connectivity index (χ2n) is 5.93. The van der Waals surface area contributed by atoms with Crippen LogP contribution in [0.5, 0.6) is 0 Å². The summed E-state index contributed by atoms with van der Waals surface area (Å²) in [5.74, 6) is -1.24. The summed E-state index contributed by atoms with van der Waals surface area (Å²) >= 11 is 0. The van der Waals surface area contributed by atoms with E-state index < -0.39 is 18.0 Å². The number of ketones is 1. The van der Waals surface area contributed by atoms with E-state index in [0.717, 1.165) is 0 Å². The molecule has 0 saturated heterocycles. The van der Waals surface area contributed by atoms with Gasteiger partial charge in [-0.1, -0.05) is 12.1 Å². The van der Waals surface area contributed by atoms with E-state index in [0.29, 0.717) is 22.3 Å². The number of hydrogen-bond acceptors (Lipinski definition) is 6. The predicted molar refractivity (Wildman–Crippen MR) is 99.5 cm³/mol. The molecule has 0 bridgehead atoms. The minimum absolute atomic E-state index is 0.107. The molecule has 1 aromatic heterocycles. The summed E-state index contributed by atoms with van der Waals surface area (Å²) in [6.07, 6.45) is 2.08.